The molecule has 1 saturated heterocycles. The van der Waals surface area contributed by atoms with Gasteiger partial charge in [-0.15, -0.1) is 10.2 Å². The smallest absolute Gasteiger partial charge is 0.313 e. The van der Waals surface area contributed by atoms with Gasteiger partial charge in [0.15, 0.2) is 5.71 Å². The largest absolute Gasteiger partial charge is 0.466 e. The van der Waals surface area contributed by atoms with Crippen molar-refractivity contribution in [3.05, 3.63) is 11.6 Å². The van der Waals surface area contributed by atoms with Crippen LogP contribution in [0.2, 0.25) is 0 Å². The first-order chi connectivity index (χ1) is 10.2. The number of hydrogen-bond acceptors (Lipinski definition) is 6. The van der Waals surface area contributed by atoms with Crippen LogP contribution in [0, 0.1) is 16.2 Å². The normalized spacial score (nSPS) is 21.9. The molecule has 0 spiro atoms. The third-order valence-corrected chi connectivity index (χ3v) is 3.72. The zero-order chi connectivity index (χ0) is 16.8. The van der Waals surface area contributed by atoms with Gasteiger partial charge in [0.25, 0.3) is 0 Å². The lowest BCUT2D eigenvalue weighted by molar-refractivity contribution is -2.00. The Balaban J connectivity index is 0.000000422. The maximum Gasteiger partial charge on any atom is 0.313 e. The van der Waals surface area contributed by atoms with Crippen molar-refractivity contribution in [3.8, 4) is 0 Å². The Kier molecular flexibility index (Phi) is 7.44. The molecule has 1 fully saturated rings. The third kappa shape index (κ3) is 6.85. The van der Waals surface area contributed by atoms with Gasteiger partial charge in [0, 0.05) is 25.3 Å². The number of rotatable bonds is 2. The van der Waals surface area contributed by atoms with E-state index in [1.54, 1.807) is 0 Å². The van der Waals surface area contributed by atoms with Crippen LogP contribution in [0.15, 0.2) is 11.6 Å². The molecule has 0 aromatic carbocycles. The number of halogens is 1. The lowest BCUT2D eigenvalue weighted by Crippen LogP contribution is -2.68. The standard InChI is InChI=1S/C14H22NO2.ClHO4/c1-3-17-14(16)13-7-6-12(10-11(13)2)15-8-4-5-9-15;2-1(3,4)5/h10,13H,3-9H2,1-2H3;(H,2,3,4,5)/q+1;/p-1. The first-order valence-electron chi connectivity index (χ1n) is 7.29. The summed E-state index contributed by atoms with van der Waals surface area (Å²) >= 11 is 0. The molecular weight excluding hydrogens is 314 g/mol. The van der Waals surface area contributed by atoms with Gasteiger partial charge in [0.2, 0.25) is 0 Å². The predicted molar refractivity (Wildman–Crippen MR) is 67.3 cm³/mol. The van der Waals surface area contributed by atoms with E-state index in [4.69, 9.17) is 23.4 Å². The molecule has 0 amide bonds. The SMILES string of the molecule is CCOC(=O)C1CCC(=[N+]2CCCC2)C=C1C.[O-][Cl+3]([O-])([O-])[O-]. The second-order valence-electron chi connectivity index (χ2n) is 5.30. The van der Waals surface area contributed by atoms with Crippen LogP contribution >= 0.6 is 0 Å². The molecule has 0 saturated carbocycles. The second kappa shape index (κ2) is 8.59. The lowest BCUT2D eigenvalue weighted by Gasteiger charge is -2.20. The van der Waals surface area contributed by atoms with E-state index in [1.165, 1.54) is 31.6 Å². The summed E-state index contributed by atoms with van der Waals surface area (Å²) in [7, 11) is -4.94. The first kappa shape index (κ1) is 19.1. The van der Waals surface area contributed by atoms with Crippen molar-refractivity contribution >= 4 is 11.7 Å². The van der Waals surface area contributed by atoms with Crippen LogP contribution in [0.1, 0.15) is 39.5 Å². The zero-order valence-corrected chi connectivity index (χ0v) is 13.6. The van der Waals surface area contributed by atoms with Crippen LogP contribution in [0.5, 0.6) is 0 Å². The van der Waals surface area contributed by atoms with E-state index < -0.39 is 10.2 Å². The number of carbonyl (C=O) groups is 1. The molecular formula is C14H22ClNO6. The number of carbonyl (C=O) groups excluding carboxylic acids is 1. The highest BCUT2D eigenvalue weighted by molar-refractivity contribution is 5.94. The lowest BCUT2D eigenvalue weighted by atomic mass is 9.87. The number of allylic oxidation sites excluding steroid dienone is 1. The highest BCUT2D eigenvalue weighted by Crippen LogP contribution is 2.25. The van der Waals surface area contributed by atoms with Crippen molar-refractivity contribution in [2.24, 2.45) is 5.92 Å². The second-order valence-corrected chi connectivity index (χ2v) is 6.05. The molecule has 126 valence electrons. The van der Waals surface area contributed by atoms with Crippen molar-refractivity contribution < 1.29 is 43.0 Å². The van der Waals surface area contributed by atoms with Gasteiger partial charge in [-0.25, -0.2) is 23.2 Å². The van der Waals surface area contributed by atoms with E-state index in [2.05, 4.69) is 17.6 Å². The van der Waals surface area contributed by atoms with Gasteiger partial charge in [0.05, 0.1) is 12.5 Å². The van der Waals surface area contributed by atoms with Crippen molar-refractivity contribution in [1.82, 2.24) is 0 Å². The van der Waals surface area contributed by atoms with Crippen LogP contribution in [-0.4, -0.2) is 36.0 Å². The topological polar surface area (TPSA) is 122 Å². The Bertz CT molecular complexity index is 441. The number of esters is 1. The number of hydrogen-bond donors (Lipinski definition) is 0. The molecule has 1 aliphatic heterocycles. The molecule has 0 bridgehead atoms. The summed E-state index contributed by atoms with van der Waals surface area (Å²) in [5, 5.41) is 0. The molecule has 7 nitrogen and oxygen atoms in total. The van der Waals surface area contributed by atoms with Gasteiger partial charge in [-0.3, -0.25) is 4.79 Å². The van der Waals surface area contributed by atoms with Crippen LogP contribution in [0.3, 0.4) is 0 Å². The van der Waals surface area contributed by atoms with Crippen molar-refractivity contribution in [2.75, 3.05) is 19.7 Å². The van der Waals surface area contributed by atoms with E-state index in [-0.39, 0.29) is 11.9 Å². The van der Waals surface area contributed by atoms with Crippen molar-refractivity contribution in [2.45, 2.75) is 39.5 Å². The van der Waals surface area contributed by atoms with Gasteiger partial charge in [-0.2, -0.15) is 0 Å². The molecule has 1 unspecified atom stereocenters. The molecule has 1 atom stereocenters. The zero-order valence-electron chi connectivity index (χ0n) is 12.9. The fraction of sp³-hybridized carbons (Fsp3) is 0.714. The predicted octanol–water partition coefficient (Wildman–Crippen LogP) is -2.60. The quantitative estimate of drug-likeness (QED) is 0.403. The molecule has 2 rings (SSSR count). The van der Waals surface area contributed by atoms with E-state index in [0.717, 1.165) is 18.4 Å². The summed E-state index contributed by atoms with van der Waals surface area (Å²) in [5.74, 6) is -0.0666. The molecule has 0 radical (unpaired) electrons. The minimum absolute atomic E-state index is 0.0127. The molecule has 22 heavy (non-hydrogen) atoms. The highest BCUT2D eigenvalue weighted by Gasteiger charge is 2.29. The molecule has 2 aliphatic rings. The molecule has 0 aromatic heterocycles. The van der Waals surface area contributed by atoms with Crippen LogP contribution in [-0.2, 0) is 9.53 Å². The monoisotopic (exact) mass is 335 g/mol. The summed E-state index contributed by atoms with van der Waals surface area (Å²) in [6.45, 7) is 6.76. The van der Waals surface area contributed by atoms with Crippen LogP contribution in [0.4, 0.5) is 0 Å². The van der Waals surface area contributed by atoms with E-state index in [0.29, 0.717) is 6.61 Å². The molecule has 0 aromatic rings. The number of ether oxygens (including phenoxy) is 1. The summed E-state index contributed by atoms with van der Waals surface area (Å²) in [6, 6.07) is 0. The van der Waals surface area contributed by atoms with Crippen molar-refractivity contribution in [1.29, 1.82) is 0 Å². The summed E-state index contributed by atoms with van der Waals surface area (Å²) in [6.07, 6.45) is 6.74. The van der Waals surface area contributed by atoms with E-state index >= 15 is 0 Å². The average Bonchev–Trinajstić information content (AvgIpc) is 2.90. The van der Waals surface area contributed by atoms with Crippen LogP contribution < -0.4 is 18.6 Å². The summed E-state index contributed by atoms with van der Waals surface area (Å²) < 4.78 is 41.5. The van der Waals surface area contributed by atoms with Gasteiger partial charge < -0.3 is 4.74 Å². The average molecular weight is 336 g/mol. The Morgan fingerprint density at radius 2 is 1.86 bits per heavy atom. The highest BCUT2D eigenvalue weighted by atomic mass is 35.7. The maximum atomic E-state index is 11.8. The Morgan fingerprint density at radius 1 is 1.32 bits per heavy atom. The summed E-state index contributed by atoms with van der Waals surface area (Å²) in [4.78, 5) is 11.8. The third-order valence-electron chi connectivity index (χ3n) is 3.72. The summed E-state index contributed by atoms with van der Waals surface area (Å²) in [5.41, 5.74) is 2.58. The van der Waals surface area contributed by atoms with Gasteiger partial charge in [-0.05, 0) is 20.3 Å². The Labute approximate surface area is 132 Å². The number of nitrogens with zero attached hydrogens (tertiary/aromatic N) is 1. The fourth-order valence-corrected chi connectivity index (χ4v) is 2.76. The molecule has 8 heteroatoms. The minimum Gasteiger partial charge on any atom is -0.466 e. The molecule has 1 aliphatic carbocycles. The van der Waals surface area contributed by atoms with E-state index in [1.807, 2.05) is 6.92 Å². The first-order valence-corrected chi connectivity index (χ1v) is 8.53. The fourth-order valence-electron chi connectivity index (χ4n) is 2.76. The Morgan fingerprint density at radius 3 is 2.32 bits per heavy atom. The molecule has 1 heterocycles. The maximum absolute atomic E-state index is 11.8. The molecule has 0 N–H and O–H groups in total. The van der Waals surface area contributed by atoms with E-state index in [9.17, 15) is 4.79 Å². The Hall–Kier alpha value is -0.990. The van der Waals surface area contributed by atoms with Crippen molar-refractivity contribution in [3.63, 3.8) is 0 Å². The minimum atomic E-state index is -4.94. The van der Waals surface area contributed by atoms with Gasteiger partial charge in [-0.1, -0.05) is 5.57 Å². The van der Waals surface area contributed by atoms with Crippen LogP contribution in [0.25, 0.3) is 0 Å². The van der Waals surface area contributed by atoms with Gasteiger partial charge >= 0.3 is 5.97 Å². The van der Waals surface area contributed by atoms with Gasteiger partial charge in [0.1, 0.15) is 13.1 Å².